The average molecular weight is 304 g/mol. The maximum atomic E-state index is 12.2. The number of hydrogen-bond donors (Lipinski definition) is 2. The van der Waals surface area contributed by atoms with Crippen LogP contribution < -0.4 is 5.32 Å². The molecule has 0 aliphatic heterocycles. The number of carbonyl (C=O) groups is 1. The first-order valence-corrected chi connectivity index (χ1v) is 6.85. The first-order chi connectivity index (χ1) is 9.17. The topological polar surface area (TPSA) is 52.6 Å². The molecule has 0 aliphatic rings. The molecule has 0 heterocycles. The zero-order chi connectivity index (χ0) is 15.3. The third-order valence-electron chi connectivity index (χ3n) is 2.30. The molecule has 1 aromatic rings. The molecule has 0 spiro atoms. The maximum absolute atomic E-state index is 12.2. The van der Waals surface area contributed by atoms with Gasteiger partial charge in [0.05, 0.1) is 12.1 Å². The Morgan fingerprint density at radius 2 is 1.95 bits per heavy atom. The Balaban J connectivity index is 2.58. The number of rotatable bonds is 5. The van der Waals surface area contributed by atoms with Gasteiger partial charge in [0.1, 0.15) is 0 Å². The van der Waals surface area contributed by atoms with E-state index in [-0.39, 0.29) is 12.6 Å². The molecule has 0 aliphatic carbocycles. The first-order valence-electron chi connectivity index (χ1n) is 5.97. The minimum Gasteiger partial charge on any atom is -0.389 e. The number of likely N-dealkylation sites (N-methyl/N-ethyl adjacent to an activating group) is 1. The highest BCUT2D eigenvalue weighted by atomic mass is 32.2. The Hall–Kier alpha value is -1.34. The van der Waals surface area contributed by atoms with Crippen molar-refractivity contribution in [2.24, 2.45) is 0 Å². The Labute approximate surface area is 121 Å². The summed E-state index contributed by atoms with van der Waals surface area (Å²) in [5.74, 6) is -2.46. The van der Waals surface area contributed by atoms with Crippen molar-refractivity contribution < 1.29 is 18.7 Å². The standard InChI is InChI=1S/C13H18F2N2O2S/c1-13(2,19)8-17(3)12(18)16-9-4-6-10(7-5-9)20-11(14)15/h4-7,11,19H,8H2,1-3H3,(H,16,18). The van der Waals surface area contributed by atoms with Gasteiger partial charge in [0, 0.05) is 17.6 Å². The summed E-state index contributed by atoms with van der Waals surface area (Å²) in [6.45, 7) is 3.39. The molecule has 0 aromatic heterocycles. The zero-order valence-corrected chi connectivity index (χ0v) is 12.4. The van der Waals surface area contributed by atoms with Gasteiger partial charge in [-0.1, -0.05) is 11.8 Å². The van der Waals surface area contributed by atoms with Gasteiger partial charge in [-0.05, 0) is 38.1 Å². The van der Waals surface area contributed by atoms with E-state index in [1.165, 1.54) is 17.0 Å². The van der Waals surface area contributed by atoms with Gasteiger partial charge >= 0.3 is 6.03 Å². The molecule has 7 heteroatoms. The molecule has 4 nitrogen and oxygen atoms in total. The van der Waals surface area contributed by atoms with Gasteiger partial charge in [0.2, 0.25) is 0 Å². The van der Waals surface area contributed by atoms with E-state index in [1.54, 1.807) is 33.0 Å². The molecule has 2 amide bonds. The summed E-state index contributed by atoms with van der Waals surface area (Å²) in [5, 5.41) is 12.3. The monoisotopic (exact) mass is 304 g/mol. The summed E-state index contributed by atoms with van der Waals surface area (Å²) in [5.41, 5.74) is -0.472. The van der Waals surface area contributed by atoms with Gasteiger partial charge < -0.3 is 15.3 Å². The average Bonchev–Trinajstić information content (AvgIpc) is 2.28. The number of nitrogens with zero attached hydrogens (tertiary/aromatic N) is 1. The first kappa shape index (κ1) is 16.7. The summed E-state index contributed by atoms with van der Waals surface area (Å²) < 4.78 is 24.3. The highest BCUT2D eigenvalue weighted by molar-refractivity contribution is 7.99. The lowest BCUT2D eigenvalue weighted by Gasteiger charge is -2.25. The summed E-state index contributed by atoms with van der Waals surface area (Å²) >= 11 is 0.451. The van der Waals surface area contributed by atoms with E-state index in [0.717, 1.165) is 0 Å². The molecular weight excluding hydrogens is 286 g/mol. The lowest BCUT2D eigenvalue weighted by atomic mass is 10.1. The number of alkyl halides is 2. The summed E-state index contributed by atoms with van der Waals surface area (Å²) in [6.07, 6.45) is 0. The van der Waals surface area contributed by atoms with Gasteiger partial charge in [-0.3, -0.25) is 0 Å². The number of amides is 2. The van der Waals surface area contributed by atoms with E-state index < -0.39 is 11.4 Å². The molecule has 1 aromatic carbocycles. The van der Waals surface area contributed by atoms with Gasteiger partial charge in [-0.15, -0.1) is 0 Å². The quantitative estimate of drug-likeness (QED) is 0.821. The Bertz CT molecular complexity index is 447. The summed E-state index contributed by atoms with van der Waals surface area (Å²) in [7, 11) is 1.56. The van der Waals surface area contributed by atoms with E-state index in [1.807, 2.05) is 0 Å². The molecule has 0 saturated heterocycles. The maximum Gasteiger partial charge on any atom is 0.321 e. The third kappa shape index (κ3) is 6.21. The van der Waals surface area contributed by atoms with Crippen LogP contribution in [0.25, 0.3) is 0 Å². The molecule has 0 bridgehead atoms. The molecule has 0 unspecified atom stereocenters. The van der Waals surface area contributed by atoms with Crippen molar-refractivity contribution in [1.29, 1.82) is 0 Å². The predicted molar refractivity (Wildman–Crippen MR) is 76.2 cm³/mol. The number of anilines is 1. The Kier molecular flexibility index (Phi) is 5.76. The number of urea groups is 1. The van der Waals surface area contributed by atoms with Gasteiger partial charge in [0.15, 0.2) is 0 Å². The highest BCUT2D eigenvalue weighted by Gasteiger charge is 2.19. The molecule has 0 saturated carbocycles. The Morgan fingerprint density at radius 3 is 2.40 bits per heavy atom. The van der Waals surface area contributed by atoms with E-state index in [9.17, 15) is 18.7 Å². The van der Waals surface area contributed by atoms with E-state index in [2.05, 4.69) is 5.32 Å². The number of carbonyl (C=O) groups excluding carboxylic acids is 1. The SMILES string of the molecule is CN(CC(C)(C)O)C(=O)Nc1ccc(SC(F)F)cc1. The second-order valence-corrected chi connectivity index (χ2v) is 6.06. The normalized spacial score (nSPS) is 11.6. The second-order valence-electron chi connectivity index (χ2n) is 5.00. The third-order valence-corrected chi connectivity index (χ3v) is 3.02. The lowest BCUT2D eigenvalue weighted by Crippen LogP contribution is -2.41. The minimum atomic E-state index is -2.46. The molecule has 112 valence electrons. The van der Waals surface area contributed by atoms with Crippen LogP contribution in [0.4, 0.5) is 19.3 Å². The van der Waals surface area contributed by atoms with Crippen LogP contribution in [0, 0.1) is 0 Å². The fourth-order valence-corrected chi connectivity index (χ4v) is 2.09. The van der Waals surface area contributed by atoms with Crippen LogP contribution in [0.2, 0.25) is 0 Å². The molecule has 1 rings (SSSR count). The fourth-order valence-electron chi connectivity index (χ4n) is 1.59. The summed E-state index contributed by atoms with van der Waals surface area (Å²) in [4.78, 5) is 13.6. The molecule has 0 radical (unpaired) electrons. The zero-order valence-electron chi connectivity index (χ0n) is 11.6. The van der Waals surface area contributed by atoms with E-state index in [0.29, 0.717) is 22.3 Å². The molecule has 2 N–H and O–H groups in total. The van der Waals surface area contributed by atoms with Crippen LogP contribution in [0.15, 0.2) is 29.2 Å². The number of hydrogen-bond acceptors (Lipinski definition) is 3. The highest BCUT2D eigenvalue weighted by Crippen LogP contribution is 2.26. The van der Waals surface area contributed by atoms with Crippen LogP contribution >= 0.6 is 11.8 Å². The minimum absolute atomic E-state index is 0.179. The molecular formula is C13H18F2N2O2S. The van der Waals surface area contributed by atoms with Gasteiger partial charge in [-0.25, -0.2) is 4.79 Å². The van der Waals surface area contributed by atoms with Crippen molar-refractivity contribution in [3.63, 3.8) is 0 Å². The largest absolute Gasteiger partial charge is 0.389 e. The molecule has 20 heavy (non-hydrogen) atoms. The van der Waals surface area contributed by atoms with Gasteiger partial charge in [-0.2, -0.15) is 8.78 Å². The van der Waals surface area contributed by atoms with Crippen molar-refractivity contribution >= 4 is 23.5 Å². The van der Waals surface area contributed by atoms with E-state index in [4.69, 9.17) is 0 Å². The van der Waals surface area contributed by atoms with Crippen molar-refractivity contribution in [1.82, 2.24) is 4.90 Å². The van der Waals surface area contributed by atoms with Crippen molar-refractivity contribution in [3.05, 3.63) is 24.3 Å². The van der Waals surface area contributed by atoms with Crippen LogP contribution in [0.3, 0.4) is 0 Å². The number of benzene rings is 1. The van der Waals surface area contributed by atoms with Crippen LogP contribution in [-0.2, 0) is 0 Å². The number of halogens is 2. The molecule has 0 fully saturated rings. The second kappa shape index (κ2) is 6.90. The number of aliphatic hydroxyl groups is 1. The Morgan fingerprint density at radius 1 is 1.40 bits per heavy atom. The van der Waals surface area contributed by atoms with Crippen molar-refractivity contribution in [2.75, 3.05) is 18.9 Å². The number of thioether (sulfide) groups is 1. The number of nitrogens with one attached hydrogen (secondary N) is 1. The smallest absolute Gasteiger partial charge is 0.321 e. The van der Waals surface area contributed by atoms with Crippen LogP contribution in [0.5, 0.6) is 0 Å². The van der Waals surface area contributed by atoms with Crippen LogP contribution in [-0.4, -0.2) is 41.0 Å². The fraction of sp³-hybridized carbons (Fsp3) is 0.462. The summed E-state index contributed by atoms with van der Waals surface area (Å²) in [6, 6.07) is 5.77. The predicted octanol–water partition coefficient (Wildman–Crippen LogP) is 3.24. The van der Waals surface area contributed by atoms with Crippen LogP contribution in [0.1, 0.15) is 13.8 Å². The van der Waals surface area contributed by atoms with E-state index >= 15 is 0 Å². The lowest BCUT2D eigenvalue weighted by molar-refractivity contribution is 0.0550. The molecule has 0 atom stereocenters. The van der Waals surface area contributed by atoms with Gasteiger partial charge in [0.25, 0.3) is 5.76 Å². The van der Waals surface area contributed by atoms with Crippen molar-refractivity contribution in [3.8, 4) is 0 Å². The van der Waals surface area contributed by atoms with Crippen molar-refractivity contribution in [2.45, 2.75) is 30.1 Å².